The summed E-state index contributed by atoms with van der Waals surface area (Å²) < 4.78 is 10.9. The summed E-state index contributed by atoms with van der Waals surface area (Å²) in [6.45, 7) is 3.67. The summed E-state index contributed by atoms with van der Waals surface area (Å²) in [7, 11) is 0. The highest BCUT2D eigenvalue weighted by Crippen LogP contribution is 2.36. The van der Waals surface area contributed by atoms with Crippen molar-refractivity contribution in [2.45, 2.75) is 13.8 Å². The molecular formula is C18H18N2O4. The fraction of sp³-hybridized carbons (Fsp3) is 0.222. The van der Waals surface area contributed by atoms with Gasteiger partial charge in [-0.2, -0.15) is 0 Å². The van der Waals surface area contributed by atoms with Gasteiger partial charge in [-0.05, 0) is 43.7 Å². The Morgan fingerprint density at radius 1 is 1.21 bits per heavy atom. The van der Waals surface area contributed by atoms with E-state index in [0.717, 1.165) is 11.1 Å². The van der Waals surface area contributed by atoms with Crippen molar-refractivity contribution in [3.8, 4) is 11.5 Å². The Labute approximate surface area is 139 Å². The zero-order valence-corrected chi connectivity index (χ0v) is 13.5. The number of ether oxygens (including phenoxy) is 2. The molecule has 0 aromatic heterocycles. The summed E-state index contributed by atoms with van der Waals surface area (Å²) in [5, 5.41) is 5.50. The molecule has 1 aliphatic rings. The maximum atomic E-state index is 12.1. The van der Waals surface area contributed by atoms with Gasteiger partial charge in [0.25, 0.3) is 11.8 Å². The van der Waals surface area contributed by atoms with Gasteiger partial charge in [0.1, 0.15) is 5.75 Å². The molecule has 1 aliphatic heterocycles. The normalized spacial score (nSPS) is 12.7. The lowest BCUT2D eigenvalue weighted by molar-refractivity contribution is -0.118. The van der Waals surface area contributed by atoms with Crippen molar-refractivity contribution in [3.63, 3.8) is 0 Å². The number of anilines is 2. The van der Waals surface area contributed by atoms with Gasteiger partial charge in [0.2, 0.25) is 0 Å². The third kappa shape index (κ3) is 3.65. The van der Waals surface area contributed by atoms with Crippen LogP contribution in [0.25, 0.3) is 0 Å². The van der Waals surface area contributed by atoms with E-state index in [4.69, 9.17) is 9.47 Å². The van der Waals surface area contributed by atoms with E-state index in [1.165, 1.54) is 0 Å². The van der Waals surface area contributed by atoms with Crippen LogP contribution < -0.4 is 20.1 Å². The number of amides is 2. The molecule has 2 aromatic rings. The standard InChI is InChI=1S/C18H18N2O4/c1-11-3-5-13(6-4-11)23-9-16(21)19-14-7-12(2)8-15-18(14)24-10-17(22)20-15/h3-8H,9-10H2,1-2H3,(H,19,21)(H,20,22). The SMILES string of the molecule is Cc1ccc(OCC(=O)Nc2cc(C)cc3c2OCC(=O)N3)cc1. The largest absolute Gasteiger partial charge is 0.484 e. The first-order chi connectivity index (χ1) is 11.5. The minimum absolute atomic E-state index is 0.0706. The molecule has 2 aromatic carbocycles. The molecule has 0 saturated heterocycles. The molecule has 6 heteroatoms. The molecule has 2 N–H and O–H groups in total. The van der Waals surface area contributed by atoms with Crippen LogP contribution in [-0.4, -0.2) is 25.0 Å². The highest BCUT2D eigenvalue weighted by molar-refractivity contribution is 6.00. The molecule has 0 aliphatic carbocycles. The topological polar surface area (TPSA) is 76.7 Å². The number of nitrogens with one attached hydrogen (secondary N) is 2. The number of aryl methyl sites for hydroxylation is 2. The van der Waals surface area contributed by atoms with Crippen LogP contribution in [0.15, 0.2) is 36.4 Å². The molecule has 6 nitrogen and oxygen atoms in total. The second kappa shape index (κ2) is 6.62. The zero-order valence-electron chi connectivity index (χ0n) is 13.5. The highest BCUT2D eigenvalue weighted by Gasteiger charge is 2.21. The van der Waals surface area contributed by atoms with Crippen molar-refractivity contribution < 1.29 is 19.1 Å². The molecule has 0 spiro atoms. The molecule has 0 atom stereocenters. The number of fused-ring (bicyclic) bond motifs is 1. The van der Waals surface area contributed by atoms with Gasteiger partial charge in [-0.1, -0.05) is 17.7 Å². The summed E-state index contributed by atoms with van der Waals surface area (Å²) in [5.74, 6) is 0.575. The molecule has 0 fully saturated rings. The van der Waals surface area contributed by atoms with E-state index in [0.29, 0.717) is 22.9 Å². The van der Waals surface area contributed by atoms with E-state index in [9.17, 15) is 9.59 Å². The van der Waals surface area contributed by atoms with Crippen LogP contribution in [0.1, 0.15) is 11.1 Å². The molecule has 0 unspecified atom stereocenters. The van der Waals surface area contributed by atoms with Gasteiger partial charge >= 0.3 is 0 Å². The first-order valence-corrected chi connectivity index (χ1v) is 7.58. The van der Waals surface area contributed by atoms with Gasteiger partial charge in [0.15, 0.2) is 19.0 Å². The molecular weight excluding hydrogens is 308 g/mol. The Kier molecular flexibility index (Phi) is 4.37. The third-order valence-corrected chi connectivity index (χ3v) is 3.52. The van der Waals surface area contributed by atoms with Crippen molar-refractivity contribution in [1.82, 2.24) is 0 Å². The fourth-order valence-corrected chi connectivity index (χ4v) is 2.41. The predicted octanol–water partition coefficient (Wildman–Crippen LogP) is 2.65. The Bertz CT molecular complexity index is 784. The van der Waals surface area contributed by atoms with Gasteiger partial charge in [0.05, 0.1) is 11.4 Å². The Balaban J connectivity index is 1.68. The van der Waals surface area contributed by atoms with Gasteiger partial charge in [-0.15, -0.1) is 0 Å². The average molecular weight is 326 g/mol. The van der Waals surface area contributed by atoms with Gasteiger partial charge in [0, 0.05) is 0 Å². The van der Waals surface area contributed by atoms with Crippen molar-refractivity contribution in [1.29, 1.82) is 0 Å². The average Bonchev–Trinajstić information content (AvgIpc) is 2.53. The quantitative estimate of drug-likeness (QED) is 0.905. The number of hydrogen-bond acceptors (Lipinski definition) is 4. The molecule has 0 radical (unpaired) electrons. The fourth-order valence-electron chi connectivity index (χ4n) is 2.41. The van der Waals surface area contributed by atoms with E-state index in [1.54, 1.807) is 12.1 Å². The Morgan fingerprint density at radius 3 is 2.71 bits per heavy atom. The molecule has 0 bridgehead atoms. The molecule has 1 heterocycles. The molecule has 0 saturated carbocycles. The van der Waals surface area contributed by atoms with E-state index >= 15 is 0 Å². The van der Waals surface area contributed by atoms with E-state index in [2.05, 4.69) is 10.6 Å². The van der Waals surface area contributed by atoms with Crippen molar-refractivity contribution in [2.24, 2.45) is 0 Å². The first-order valence-electron chi connectivity index (χ1n) is 7.58. The second-order valence-electron chi connectivity index (χ2n) is 5.68. The molecule has 124 valence electrons. The first kappa shape index (κ1) is 15.9. The monoisotopic (exact) mass is 326 g/mol. The van der Waals surface area contributed by atoms with Crippen LogP contribution in [0.4, 0.5) is 11.4 Å². The summed E-state index contributed by atoms with van der Waals surface area (Å²) in [5.41, 5.74) is 3.09. The molecule has 3 rings (SSSR count). The summed E-state index contributed by atoms with van der Waals surface area (Å²) in [4.78, 5) is 23.5. The Hall–Kier alpha value is -3.02. The number of benzene rings is 2. The van der Waals surface area contributed by atoms with Crippen LogP contribution >= 0.6 is 0 Å². The molecule has 2 amide bonds. The van der Waals surface area contributed by atoms with Gasteiger partial charge < -0.3 is 20.1 Å². The summed E-state index contributed by atoms with van der Waals surface area (Å²) >= 11 is 0. The summed E-state index contributed by atoms with van der Waals surface area (Å²) in [6.07, 6.45) is 0. The van der Waals surface area contributed by atoms with Crippen LogP contribution in [0.2, 0.25) is 0 Å². The zero-order chi connectivity index (χ0) is 17.1. The number of carbonyl (C=O) groups is 2. The Morgan fingerprint density at radius 2 is 1.96 bits per heavy atom. The smallest absolute Gasteiger partial charge is 0.262 e. The maximum Gasteiger partial charge on any atom is 0.262 e. The maximum absolute atomic E-state index is 12.1. The number of hydrogen-bond donors (Lipinski definition) is 2. The van der Waals surface area contributed by atoms with Crippen LogP contribution in [0.5, 0.6) is 11.5 Å². The van der Waals surface area contributed by atoms with Gasteiger partial charge in [-0.25, -0.2) is 0 Å². The lowest BCUT2D eigenvalue weighted by Gasteiger charge is -2.21. The highest BCUT2D eigenvalue weighted by atomic mass is 16.5. The van der Waals surface area contributed by atoms with Crippen LogP contribution in [0, 0.1) is 13.8 Å². The van der Waals surface area contributed by atoms with Crippen molar-refractivity contribution in [3.05, 3.63) is 47.5 Å². The number of carbonyl (C=O) groups excluding carboxylic acids is 2. The van der Waals surface area contributed by atoms with E-state index in [1.807, 2.05) is 38.1 Å². The van der Waals surface area contributed by atoms with Gasteiger partial charge in [-0.3, -0.25) is 9.59 Å². The van der Waals surface area contributed by atoms with Crippen molar-refractivity contribution >= 4 is 23.2 Å². The number of rotatable bonds is 4. The van der Waals surface area contributed by atoms with E-state index < -0.39 is 0 Å². The minimum atomic E-state index is -0.302. The molecule has 24 heavy (non-hydrogen) atoms. The lowest BCUT2D eigenvalue weighted by Crippen LogP contribution is -2.27. The van der Waals surface area contributed by atoms with Crippen LogP contribution in [0.3, 0.4) is 0 Å². The minimum Gasteiger partial charge on any atom is -0.484 e. The predicted molar refractivity (Wildman–Crippen MR) is 90.6 cm³/mol. The van der Waals surface area contributed by atoms with Crippen molar-refractivity contribution in [2.75, 3.05) is 23.8 Å². The third-order valence-electron chi connectivity index (χ3n) is 3.52. The second-order valence-corrected chi connectivity index (χ2v) is 5.68. The lowest BCUT2D eigenvalue weighted by atomic mass is 10.1. The summed E-state index contributed by atoms with van der Waals surface area (Å²) in [6, 6.07) is 11.1. The van der Waals surface area contributed by atoms with E-state index in [-0.39, 0.29) is 25.0 Å². The van der Waals surface area contributed by atoms with Crippen LogP contribution in [-0.2, 0) is 9.59 Å².